The number of hydrogen-bond donors (Lipinski definition) is 1. The fourth-order valence-electron chi connectivity index (χ4n) is 1.76. The minimum Gasteiger partial charge on any atom is -0.343 e. The number of aromatic nitrogens is 2. The molecule has 8 heteroatoms. The second kappa shape index (κ2) is 11.6. The van der Waals surface area contributed by atoms with Crippen molar-refractivity contribution >= 4 is 37.2 Å². The Hall–Kier alpha value is -0.0400. The van der Waals surface area contributed by atoms with Crippen molar-refractivity contribution in [1.29, 1.82) is 0 Å². The number of imidazole rings is 1. The van der Waals surface area contributed by atoms with E-state index in [1.165, 1.54) is 5.69 Å². The first kappa shape index (κ1) is 24.9. The standard InChI is InChI=1S/C12H25N5.3ClH/c1-15(2)7-10-11(8-16(3)4)14-12(13-10)9-17(5)6;;;/h7-9H2,1-6H3,(H,13,14);3*1H. The van der Waals surface area contributed by atoms with Crippen molar-refractivity contribution < 1.29 is 0 Å². The van der Waals surface area contributed by atoms with Crippen LogP contribution >= 0.6 is 37.2 Å². The van der Waals surface area contributed by atoms with E-state index in [2.05, 4.69) is 67.0 Å². The third-order valence-electron chi connectivity index (χ3n) is 2.32. The van der Waals surface area contributed by atoms with Gasteiger partial charge in [0.2, 0.25) is 0 Å². The highest BCUT2D eigenvalue weighted by molar-refractivity contribution is 5.86. The summed E-state index contributed by atoms with van der Waals surface area (Å²) >= 11 is 0. The van der Waals surface area contributed by atoms with Gasteiger partial charge in [-0.05, 0) is 42.3 Å². The number of nitrogens with zero attached hydrogens (tertiary/aromatic N) is 4. The fourth-order valence-corrected chi connectivity index (χ4v) is 1.76. The Labute approximate surface area is 141 Å². The molecule has 1 aromatic heterocycles. The summed E-state index contributed by atoms with van der Waals surface area (Å²) in [6, 6.07) is 0. The van der Waals surface area contributed by atoms with Crippen LogP contribution in [0.25, 0.3) is 0 Å². The van der Waals surface area contributed by atoms with Crippen molar-refractivity contribution in [3.05, 3.63) is 17.2 Å². The molecule has 0 saturated heterocycles. The maximum absolute atomic E-state index is 4.68. The van der Waals surface area contributed by atoms with Gasteiger partial charge in [0, 0.05) is 13.1 Å². The third-order valence-corrected chi connectivity index (χ3v) is 2.32. The number of hydrogen-bond acceptors (Lipinski definition) is 4. The van der Waals surface area contributed by atoms with Gasteiger partial charge < -0.3 is 19.7 Å². The number of H-pyrrole nitrogens is 1. The van der Waals surface area contributed by atoms with E-state index in [9.17, 15) is 0 Å². The van der Waals surface area contributed by atoms with Crippen LogP contribution in [0.5, 0.6) is 0 Å². The molecule has 0 atom stereocenters. The van der Waals surface area contributed by atoms with Gasteiger partial charge in [-0.25, -0.2) is 4.98 Å². The highest BCUT2D eigenvalue weighted by Crippen LogP contribution is 2.11. The number of nitrogens with one attached hydrogen (secondary N) is 1. The van der Waals surface area contributed by atoms with Crippen LogP contribution in [0.1, 0.15) is 17.2 Å². The monoisotopic (exact) mass is 347 g/mol. The molecule has 0 fully saturated rings. The highest BCUT2D eigenvalue weighted by atomic mass is 35.5. The number of halogens is 3. The molecule has 1 rings (SSSR count). The van der Waals surface area contributed by atoms with Gasteiger partial charge >= 0.3 is 0 Å². The maximum Gasteiger partial charge on any atom is 0.120 e. The van der Waals surface area contributed by atoms with Crippen molar-refractivity contribution in [2.24, 2.45) is 0 Å². The predicted molar refractivity (Wildman–Crippen MR) is 92.5 cm³/mol. The highest BCUT2D eigenvalue weighted by Gasteiger charge is 2.12. The molecule has 0 aliphatic carbocycles. The van der Waals surface area contributed by atoms with Gasteiger partial charge in [-0.15, -0.1) is 37.2 Å². The fraction of sp³-hybridized carbons (Fsp3) is 0.750. The molecule has 20 heavy (non-hydrogen) atoms. The SMILES string of the molecule is CN(C)Cc1nc(CN(C)C)c(CN(C)C)[nH]1.Cl.Cl.Cl. The third kappa shape index (κ3) is 9.00. The minimum absolute atomic E-state index is 0. The second-order valence-electron chi connectivity index (χ2n) is 5.32. The van der Waals surface area contributed by atoms with Crippen molar-refractivity contribution in [2.45, 2.75) is 19.6 Å². The van der Waals surface area contributed by atoms with Crippen LogP contribution in [0.4, 0.5) is 0 Å². The molecule has 0 saturated carbocycles. The van der Waals surface area contributed by atoms with E-state index in [1.807, 2.05) is 0 Å². The molecule has 0 aliphatic heterocycles. The van der Waals surface area contributed by atoms with Crippen LogP contribution in [0.15, 0.2) is 0 Å². The molecule has 0 aromatic carbocycles. The summed E-state index contributed by atoms with van der Waals surface area (Å²) in [5.74, 6) is 1.05. The van der Waals surface area contributed by atoms with E-state index in [4.69, 9.17) is 0 Å². The van der Waals surface area contributed by atoms with E-state index in [1.54, 1.807) is 0 Å². The lowest BCUT2D eigenvalue weighted by molar-refractivity contribution is 0.375. The molecule has 0 unspecified atom stereocenters. The first-order valence-electron chi connectivity index (χ1n) is 5.89. The normalized spacial score (nSPS) is 10.2. The molecule has 5 nitrogen and oxygen atoms in total. The predicted octanol–water partition coefficient (Wildman–Crippen LogP) is 1.86. The van der Waals surface area contributed by atoms with E-state index < -0.39 is 0 Å². The molecule has 1 heterocycles. The Morgan fingerprint density at radius 3 is 1.60 bits per heavy atom. The minimum atomic E-state index is 0. The molecule has 1 N–H and O–H groups in total. The van der Waals surface area contributed by atoms with Crippen molar-refractivity contribution in [3.63, 3.8) is 0 Å². The molecule has 0 aliphatic rings. The maximum atomic E-state index is 4.68. The lowest BCUT2D eigenvalue weighted by atomic mass is 10.3. The molecular weight excluding hydrogens is 321 g/mol. The van der Waals surface area contributed by atoms with Gasteiger partial charge in [-0.2, -0.15) is 0 Å². The summed E-state index contributed by atoms with van der Waals surface area (Å²) in [7, 11) is 12.4. The molecule has 1 aromatic rings. The first-order valence-corrected chi connectivity index (χ1v) is 5.89. The van der Waals surface area contributed by atoms with Crippen LogP contribution in [-0.2, 0) is 19.6 Å². The van der Waals surface area contributed by atoms with E-state index in [-0.39, 0.29) is 37.2 Å². The zero-order valence-electron chi connectivity index (χ0n) is 13.1. The molecule has 122 valence electrons. The Morgan fingerprint density at radius 2 is 1.20 bits per heavy atom. The lowest BCUT2D eigenvalue weighted by Gasteiger charge is -2.12. The number of rotatable bonds is 6. The second-order valence-corrected chi connectivity index (χ2v) is 5.32. The molecule has 0 bridgehead atoms. The average Bonchev–Trinajstić information content (AvgIpc) is 2.44. The lowest BCUT2D eigenvalue weighted by Crippen LogP contribution is -2.16. The zero-order valence-corrected chi connectivity index (χ0v) is 15.6. The zero-order chi connectivity index (χ0) is 13.0. The Kier molecular flexibility index (Phi) is 14.5. The van der Waals surface area contributed by atoms with E-state index in [0.717, 1.165) is 31.2 Å². The summed E-state index contributed by atoms with van der Waals surface area (Å²) < 4.78 is 0. The van der Waals surface area contributed by atoms with E-state index in [0.29, 0.717) is 0 Å². The molecule has 0 amide bonds. The van der Waals surface area contributed by atoms with Gasteiger partial charge in [-0.1, -0.05) is 0 Å². The quantitative estimate of drug-likeness (QED) is 0.851. The summed E-state index contributed by atoms with van der Waals surface area (Å²) in [5.41, 5.74) is 2.38. The van der Waals surface area contributed by atoms with Crippen LogP contribution in [0.3, 0.4) is 0 Å². The topological polar surface area (TPSA) is 38.4 Å². The van der Waals surface area contributed by atoms with Gasteiger partial charge in [0.05, 0.1) is 17.9 Å². The summed E-state index contributed by atoms with van der Waals surface area (Å²) in [6.45, 7) is 2.64. The first-order chi connectivity index (χ1) is 7.88. The average molecular weight is 349 g/mol. The van der Waals surface area contributed by atoms with Crippen LogP contribution < -0.4 is 0 Å². The molecule has 0 radical (unpaired) electrons. The van der Waals surface area contributed by atoms with Crippen molar-refractivity contribution in [1.82, 2.24) is 24.7 Å². The van der Waals surface area contributed by atoms with Gasteiger partial charge in [0.25, 0.3) is 0 Å². The van der Waals surface area contributed by atoms with Gasteiger partial charge in [0.1, 0.15) is 5.82 Å². The smallest absolute Gasteiger partial charge is 0.120 e. The Bertz CT molecular complexity index is 325. The van der Waals surface area contributed by atoms with Crippen LogP contribution in [0, 0.1) is 0 Å². The number of aromatic amines is 1. The summed E-state index contributed by atoms with van der Waals surface area (Å²) in [4.78, 5) is 14.5. The Morgan fingerprint density at radius 1 is 0.750 bits per heavy atom. The van der Waals surface area contributed by atoms with Crippen molar-refractivity contribution in [3.8, 4) is 0 Å². The van der Waals surface area contributed by atoms with Crippen LogP contribution in [-0.4, -0.2) is 67.0 Å². The van der Waals surface area contributed by atoms with Gasteiger partial charge in [0.15, 0.2) is 0 Å². The van der Waals surface area contributed by atoms with Crippen molar-refractivity contribution in [2.75, 3.05) is 42.3 Å². The van der Waals surface area contributed by atoms with Gasteiger partial charge in [-0.3, -0.25) is 0 Å². The molecule has 0 spiro atoms. The summed E-state index contributed by atoms with van der Waals surface area (Å²) in [6.07, 6.45) is 0. The van der Waals surface area contributed by atoms with Crippen LogP contribution in [0.2, 0.25) is 0 Å². The largest absolute Gasteiger partial charge is 0.343 e. The summed E-state index contributed by atoms with van der Waals surface area (Å²) in [5, 5.41) is 0. The van der Waals surface area contributed by atoms with E-state index >= 15 is 0 Å². The molecular formula is C12H28Cl3N5. The Balaban J connectivity index is -0.000000963.